The van der Waals surface area contributed by atoms with Crippen molar-refractivity contribution in [1.82, 2.24) is 19.6 Å². The highest BCUT2D eigenvalue weighted by atomic mass is 16.5. The zero-order chi connectivity index (χ0) is 28.9. The molecular formula is C33H46N4O4. The van der Waals surface area contributed by atoms with Crippen molar-refractivity contribution in [2.45, 2.75) is 58.2 Å². The fourth-order valence-electron chi connectivity index (χ4n) is 6.49. The molecular weight excluding hydrogens is 516 g/mol. The van der Waals surface area contributed by atoms with E-state index in [-0.39, 0.29) is 30.2 Å². The lowest BCUT2D eigenvalue weighted by Gasteiger charge is -2.48. The molecule has 222 valence electrons. The molecule has 3 aliphatic rings. The number of carbonyl (C=O) groups is 2. The summed E-state index contributed by atoms with van der Waals surface area (Å²) in [5, 5.41) is 10.4. The summed E-state index contributed by atoms with van der Waals surface area (Å²) in [5.74, 6) is 0.923. The minimum absolute atomic E-state index is 0.0233. The first-order valence-corrected chi connectivity index (χ1v) is 15.4. The summed E-state index contributed by atoms with van der Waals surface area (Å²) in [6, 6.07) is 16.3. The molecule has 0 spiro atoms. The van der Waals surface area contributed by atoms with Crippen molar-refractivity contribution in [3.8, 4) is 5.75 Å². The minimum Gasteiger partial charge on any atom is -0.508 e. The average Bonchev–Trinajstić information content (AvgIpc) is 3.79. The average molecular weight is 563 g/mol. The Morgan fingerprint density at radius 2 is 1.71 bits per heavy atom. The second kappa shape index (κ2) is 13.4. The van der Waals surface area contributed by atoms with Crippen LogP contribution in [0.3, 0.4) is 0 Å². The number of phenols is 1. The zero-order valence-electron chi connectivity index (χ0n) is 24.9. The number of esters is 1. The smallest absolute Gasteiger partial charge is 0.320 e. The zero-order valence-corrected chi connectivity index (χ0v) is 24.9. The molecule has 0 aromatic heterocycles. The van der Waals surface area contributed by atoms with Crippen LogP contribution in [-0.4, -0.2) is 108 Å². The number of aromatic hydroxyl groups is 1. The van der Waals surface area contributed by atoms with Gasteiger partial charge in [-0.25, -0.2) is 0 Å². The number of piperazine rings is 1. The molecule has 3 fully saturated rings. The van der Waals surface area contributed by atoms with E-state index >= 15 is 0 Å². The van der Waals surface area contributed by atoms with Crippen LogP contribution in [0.1, 0.15) is 67.6 Å². The molecule has 3 atom stereocenters. The Kier molecular flexibility index (Phi) is 9.63. The number of nitrogens with zero attached hydrogens (tertiary/aromatic N) is 4. The van der Waals surface area contributed by atoms with Crippen LogP contribution in [0, 0.1) is 5.92 Å². The number of phenolic OH excluding ortho intramolecular Hbond substituents is 1. The number of amides is 1. The topological polar surface area (TPSA) is 76.6 Å². The third kappa shape index (κ3) is 7.48. The third-order valence-electron chi connectivity index (χ3n) is 8.85. The quantitative estimate of drug-likeness (QED) is 0.463. The van der Waals surface area contributed by atoms with Crippen molar-refractivity contribution in [2.24, 2.45) is 5.92 Å². The molecule has 2 aromatic carbocycles. The summed E-state index contributed by atoms with van der Waals surface area (Å²) in [6.07, 6.45) is 3.53. The molecule has 8 heteroatoms. The van der Waals surface area contributed by atoms with Crippen LogP contribution < -0.4 is 0 Å². The molecule has 1 aliphatic carbocycles. The van der Waals surface area contributed by atoms with Crippen LogP contribution in [0.4, 0.5) is 0 Å². The van der Waals surface area contributed by atoms with Gasteiger partial charge < -0.3 is 14.7 Å². The molecule has 0 bridgehead atoms. The third-order valence-corrected chi connectivity index (χ3v) is 8.85. The van der Waals surface area contributed by atoms with Gasteiger partial charge in [-0.05, 0) is 81.3 Å². The van der Waals surface area contributed by atoms with Gasteiger partial charge >= 0.3 is 5.97 Å². The Balaban J connectivity index is 1.35. The van der Waals surface area contributed by atoms with Crippen molar-refractivity contribution in [2.75, 3.05) is 59.0 Å². The van der Waals surface area contributed by atoms with Crippen LogP contribution in [-0.2, 0) is 9.53 Å². The lowest BCUT2D eigenvalue weighted by Crippen LogP contribution is -2.57. The van der Waals surface area contributed by atoms with E-state index in [0.717, 1.165) is 43.1 Å². The van der Waals surface area contributed by atoms with Gasteiger partial charge in [-0.1, -0.05) is 24.3 Å². The van der Waals surface area contributed by atoms with Gasteiger partial charge in [0.25, 0.3) is 5.91 Å². The normalized spacial score (nSPS) is 23.6. The molecule has 5 rings (SSSR count). The van der Waals surface area contributed by atoms with Crippen molar-refractivity contribution in [1.29, 1.82) is 0 Å². The first-order valence-electron chi connectivity index (χ1n) is 15.4. The van der Waals surface area contributed by atoms with Crippen molar-refractivity contribution in [3.63, 3.8) is 0 Å². The molecule has 1 saturated carbocycles. The van der Waals surface area contributed by atoms with E-state index in [0.29, 0.717) is 43.9 Å². The van der Waals surface area contributed by atoms with Crippen LogP contribution in [0.5, 0.6) is 5.75 Å². The number of rotatable bonds is 9. The Labute approximate surface area is 244 Å². The van der Waals surface area contributed by atoms with Gasteiger partial charge in [-0.2, -0.15) is 0 Å². The first-order chi connectivity index (χ1) is 19.8. The van der Waals surface area contributed by atoms with E-state index in [1.807, 2.05) is 42.2 Å². The van der Waals surface area contributed by atoms with Crippen molar-refractivity contribution < 1.29 is 19.4 Å². The van der Waals surface area contributed by atoms with Gasteiger partial charge in [-0.15, -0.1) is 0 Å². The van der Waals surface area contributed by atoms with Crippen LogP contribution in [0.25, 0.3) is 0 Å². The predicted molar refractivity (Wildman–Crippen MR) is 160 cm³/mol. The number of hydrogen-bond acceptors (Lipinski definition) is 7. The standard InChI is InChI=1S/C33H46N4O4/c1-4-41-31(39)23-34-14-7-15-35(17-16-34)33(40)29-10-5-8-27(18-29)32(28-9-6-11-30(38)19-28)37-21-24(2)36(20-25(37)3)22-26-12-13-26/h5-6,8-11,18-19,24-26,32,38H,4,7,12-17,20-23H2,1-3H3/t24-,25+,32?/m1/s1. The number of hydrogen-bond donors (Lipinski definition) is 1. The van der Waals surface area contributed by atoms with Crippen LogP contribution >= 0.6 is 0 Å². The highest BCUT2D eigenvalue weighted by Crippen LogP contribution is 2.37. The van der Waals surface area contributed by atoms with Crippen LogP contribution in [0.15, 0.2) is 48.5 Å². The molecule has 2 aromatic rings. The highest BCUT2D eigenvalue weighted by molar-refractivity contribution is 5.94. The molecule has 2 saturated heterocycles. The van der Waals surface area contributed by atoms with Gasteiger partial charge in [0.15, 0.2) is 0 Å². The lowest BCUT2D eigenvalue weighted by molar-refractivity contribution is -0.144. The number of benzene rings is 2. The second-order valence-electron chi connectivity index (χ2n) is 12.1. The van der Waals surface area contributed by atoms with E-state index in [2.05, 4.69) is 40.7 Å². The van der Waals surface area contributed by atoms with Gasteiger partial charge in [-0.3, -0.25) is 24.3 Å². The van der Waals surface area contributed by atoms with Crippen molar-refractivity contribution in [3.05, 3.63) is 65.2 Å². The summed E-state index contributed by atoms with van der Waals surface area (Å²) in [5.41, 5.74) is 2.78. The Morgan fingerprint density at radius 1 is 0.951 bits per heavy atom. The Bertz CT molecular complexity index is 1200. The number of ether oxygens (including phenoxy) is 1. The first kappa shape index (κ1) is 29.5. The maximum atomic E-state index is 13.7. The monoisotopic (exact) mass is 562 g/mol. The summed E-state index contributed by atoms with van der Waals surface area (Å²) in [4.78, 5) is 34.9. The summed E-state index contributed by atoms with van der Waals surface area (Å²) < 4.78 is 5.11. The van der Waals surface area contributed by atoms with Gasteiger partial charge in [0, 0.05) is 63.5 Å². The Hall–Kier alpha value is -2.94. The maximum Gasteiger partial charge on any atom is 0.320 e. The van der Waals surface area contributed by atoms with E-state index in [4.69, 9.17) is 4.74 Å². The maximum absolute atomic E-state index is 13.7. The number of carbonyl (C=O) groups excluding carboxylic acids is 2. The molecule has 1 amide bonds. The molecule has 1 N–H and O–H groups in total. The van der Waals surface area contributed by atoms with Gasteiger partial charge in [0.2, 0.25) is 0 Å². The summed E-state index contributed by atoms with van der Waals surface area (Å²) in [6.45, 7) is 12.9. The van der Waals surface area contributed by atoms with Gasteiger partial charge in [0.1, 0.15) is 5.75 Å². The van der Waals surface area contributed by atoms with E-state index in [1.165, 1.54) is 19.4 Å². The minimum atomic E-state index is -0.213. The molecule has 0 radical (unpaired) electrons. The largest absolute Gasteiger partial charge is 0.508 e. The molecule has 41 heavy (non-hydrogen) atoms. The predicted octanol–water partition coefficient (Wildman–Crippen LogP) is 4.00. The molecule has 2 aliphatic heterocycles. The summed E-state index contributed by atoms with van der Waals surface area (Å²) in [7, 11) is 0. The van der Waals surface area contributed by atoms with Gasteiger partial charge in [0.05, 0.1) is 19.2 Å². The van der Waals surface area contributed by atoms with E-state index in [9.17, 15) is 14.7 Å². The van der Waals surface area contributed by atoms with Crippen molar-refractivity contribution >= 4 is 11.9 Å². The van der Waals surface area contributed by atoms with Crippen LogP contribution in [0.2, 0.25) is 0 Å². The lowest BCUT2D eigenvalue weighted by atomic mass is 9.92. The van der Waals surface area contributed by atoms with E-state index in [1.54, 1.807) is 6.07 Å². The fourth-order valence-corrected chi connectivity index (χ4v) is 6.49. The molecule has 8 nitrogen and oxygen atoms in total. The second-order valence-corrected chi connectivity index (χ2v) is 12.1. The SMILES string of the molecule is CCOC(=O)CN1CCCN(C(=O)c2cccc(C(c3cccc(O)c3)N3C[C@@H](C)N(CC4CC4)C[C@@H]3C)c2)CC1. The summed E-state index contributed by atoms with van der Waals surface area (Å²) >= 11 is 0. The Morgan fingerprint density at radius 3 is 2.44 bits per heavy atom. The highest BCUT2D eigenvalue weighted by Gasteiger charge is 2.37. The fraction of sp³-hybridized carbons (Fsp3) is 0.576. The molecule has 2 heterocycles. The van der Waals surface area contributed by atoms with E-state index < -0.39 is 0 Å². The molecule has 1 unspecified atom stereocenters.